The highest BCUT2D eigenvalue weighted by Gasteiger charge is 2.32. The first-order valence-electron chi connectivity index (χ1n) is 12.6. The predicted molar refractivity (Wildman–Crippen MR) is 143 cm³/mol. The largest absolute Gasteiger partial charge is 0.454 e. The number of hydrogen-bond donors (Lipinski definition) is 1. The third-order valence-electron chi connectivity index (χ3n) is 6.61. The fourth-order valence-electron chi connectivity index (χ4n) is 4.33. The zero-order valence-corrected chi connectivity index (χ0v) is 22.5. The first kappa shape index (κ1) is 28.2. The van der Waals surface area contributed by atoms with Crippen molar-refractivity contribution in [1.82, 2.24) is 14.5 Å². The zero-order chi connectivity index (χ0) is 28.2. The minimum absolute atomic E-state index is 0.0994. The molecule has 1 heterocycles. The lowest BCUT2D eigenvalue weighted by Gasteiger charge is -2.34. The maximum Gasteiger partial charge on any atom is 0.329 e. The summed E-state index contributed by atoms with van der Waals surface area (Å²) in [7, 11) is -3.74. The smallest absolute Gasteiger partial charge is 0.329 e. The second kappa shape index (κ2) is 11.9. The fourth-order valence-corrected chi connectivity index (χ4v) is 5.79. The Bertz CT molecular complexity index is 1490. The molecule has 3 aromatic carbocycles. The van der Waals surface area contributed by atoms with Gasteiger partial charge in [-0.2, -0.15) is 4.31 Å². The molecule has 39 heavy (non-hydrogen) atoms. The summed E-state index contributed by atoms with van der Waals surface area (Å²) in [6, 6.07) is 16.8. The quantitative estimate of drug-likeness (QED) is 0.428. The Labute approximate surface area is 226 Å². The van der Waals surface area contributed by atoms with E-state index in [0.29, 0.717) is 0 Å². The van der Waals surface area contributed by atoms with E-state index in [1.807, 2.05) is 24.3 Å². The highest BCUT2D eigenvalue weighted by atomic mass is 32.2. The normalized spacial score (nSPS) is 15.2. The molecular formula is C28H30FN3O6S. The van der Waals surface area contributed by atoms with Crippen molar-refractivity contribution in [2.45, 2.75) is 24.8 Å². The molecule has 1 N–H and O–H groups in total. The average Bonchev–Trinajstić information content (AvgIpc) is 2.94. The molecule has 0 aliphatic carbocycles. The second-order valence-corrected chi connectivity index (χ2v) is 11.5. The van der Waals surface area contributed by atoms with Crippen molar-refractivity contribution in [3.63, 3.8) is 0 Å². The van der Waals surface area contributed by atoms with Gasteiger partial charge in [-0.3, -0.25) is 9.59 Å². The Kier molecular flexibility index (Phi) is 8.61. The number of fused-ring (bicyclic) bond motifs is 1. The molecule has 0 spiro atoms. The summed E-state index contributed by atoms with van der Waals surface area (Å²) in [6.45, 7) is 3.29. The number of nitrogens with one attached hydrogen (secondary N) is 1. The molecule has 1 aliphatic heterocycles. The number of benzene rings is 3. The monoisotopic (exact) mass is 555 g/mol. The summed E-state index contributed by atoms with van der Waals surface area (Å²) in [4.78, 5) is 39.4. The summed E-state index contributed by atoms with van der Waals surface area (Å²) in [5.74, 6) is -3.16. The van der Waals surface area contributed by atoms with Crippen LogP contribution in [0.1, 0.15) is 24.2 Å². The Balaban J connectivity index is 1.31. The van der Waals surface area contributed by atoms with Gasteiger partial charge in [-0.05, 0) is 41.0 Å². The molecule has 3 aromatic rings. The van der Waals surface area contributed by atoms with Crippen molar-refractivity contribution in [3.05, 3.63) is 78.1 Å². The third-order valence-corrected chi connectivity index (χ3v) is 8.51. The van der Waals surface area contributed by atoms with E-state index in [1.54, 1.807) is 32.0 Å². The van der Waals surface area contributed by atoms with Crippen LogP contribution >= 0.6 is 0 Å². The van der Waals surface area contributed by atoms with Gasteiger partial charge in [-0.25, -0.2) is 17.6 Å². The Morgan fingerprint density at radius 2 is 1.56 bits per heavy atom. The molecule has 1 aliphatic rings. The van der Waals surface area contributed by atoms with Gasteiger partial charge in [0.05, 0.1) is 10.5 Å². The Morgan fingerprint density at radius 3 is 2.23 bits per heavy atom. The van der Waals surface area contributed by atoms with Gasteiger partial charge in [-0.1, -0.05) is 56.3 Å². The topological polar surface area (TPSA) is 113 Å². The molecule has 9 nitrogen and oxygen atoms in total. The number of rotatable bonds is 8. The molecule has 4 rings (SSSR count). The number of nitrogens with zero attached hydrogens (tertiary/aromatic N) is 2. The number of carbonyl (C=O) groups excluding carboxylic acids is 3. The van der Waals surface area contributed by atoms with Crippen molar-refractivity contribution in [2.24, 2.45) is 5.92 Å². The van der Waals surface area contributed by atoms with Crippen molar-refractivity contribution in [2.75, 3.05) is 32.8 Å². The lowest BCUT2D eigenvalue weighted by atomic mass is 10.0. The van der Waals surface area contributed by atoms with E-state index >= 15 is 0 Å². The average molecular weight is 556 g/mol. The number of halogens is 1. The molecule has 1 atom stereocenters. The Hall–Kier alpha value is -3.83. The van der Waals surface area contributed by atoms with E-state index in [1.165, 1.54) is 27.4 Å². The molecule has 0 aromatic heterocycles. The van der Waals surface area contributed by atoms with E-state index in [9.17, 15) is 27.2 Å². The standard InChI is InChI=1S/C28H30FN3O6S/c1-19(2)26(30-27(34)23-9-5-6-10-24(23)29)28(35)38-18-25(33)31-13-15-32(16-14-31)39(36,37)22-12-11-20-7-3-4-8-21(20)17-22/h3-12,17,19,26H,13-16,18H2,1-2H3,(H,30,34)/t26-/m0/s1. The van der Waals surface area contributed by atoms with Crippen molar-refractivity contribution < 1.29 is 31.9 Å². The first-order valence-corrected chi connectivity index (χ1v) is 14.0. The van der Waals surface area contributed by atoms with E-state index < -0.39 is 46.3 Å². The molecule has 0 saturated carbocycles. The third kappa shape index (κ3) is 6.43. The second-order valence-electron chi connectivity index (χ2n) is 9.58. The molecule has 1 saturated heterocycles. The molecule has 2 amide bonds. The fraction of sp³-hybridized carbons (Fsp3) is 0.321. The highest BCUT2D eigenvalue weighted by molar-refractivity contribution is 7.89. The summed E-state index contributed by atoms with van der Waals surface area (Å²) >= 11 is 0. The Morgan fingerprint density at radius 1 is 0.923 bits per heavy atom. The van der Waals surface area contributed by atoms with Crippen molar-refractivity contribution in [3.8, 4) is 0 Å². The van der Waals surface area contributed by atoms with Crippen LogP contribution in [0.4, 0.5) is 4.39 Å². The molecule has 0 unspecified atom stereocenters. The number of carbonyl (C=O) groups is 3. The highest BCUT2D eigenvalue weighted by Crippen LogP contribution is 2.23. The SMILES string of the molecule is CC(C)[C@H](NC(=O)c1ccccc1F)C(=O)OCC(=O)N1CCN(S(=O)(=O)c2ccc3ccccc3c2)CC1. The van der Waals surface area contributed by atoms with Crippen molar-refractivity contribution >= 4 is 38.6 Å². The van der Waals surface area contributed by atoms with Crippen LogP contribution < -0.4 is 5.32 Å². The minimum Gasteiger partial charge on any atom is -0.454 e. The van der Waals surface area contributed by atoms with Gasteiger partial charge < -0.3 is 15.0 Å². The van der Waals surface area contributed by atoms with Gasteiger partial charge in [0, 0.05) is 26.2 Å². The number of ether oxygens (including phenoxy) is 1. The number of hydrogen-bond acceptors (Lipinski definition) is 6. The molecule has 0 radical (unpaired) electrons. The molecule has 0 bridgehead atoms. The van der Waals surface area contributed by atoms with Crippen LogP contribution in [-0.2, 0) is 24.3 Å². The van der Waals surface area contributed by atoms with E-state index in [0.717, 1.165) is 16.8 Å². The van der Waals surface area contributed by atoms with Crippen LogP contribution in [0.15, 0.2) is 71.6 Å². The maximum atomic E-state index is 13.9. The minimum atomic E-state index is -3.74. The lowest BCUT2D eigenvalue weighted by molar-refractivity contribution is -0.154. The van der Waals surface area contributed by atoms with Crippen LogP contribution in [0.3, 0.4) is 0 Å². The van der Waals surface area contributed by atoms with Gasteiger partial charge in [0.25, 0.3) is 11.8 Å². The van der Waals surface area contributed by atoms with E-state index in [2.05, 4.69) is 5.32 Å². The van der Waals surface area contributed by atoms with Crippen LogP contribution in [-0.4, -0.2) is 74.2 Å². The summed E-state index contributed by atoms with van der Waals surface area (Å²) < 4.78 is 46.8. The van der Waals surface area contributed by atoms with Crippen LogP contribution in [0, 0.1) is 11.7 Å². The molecule has 11 heteroatoms. The molecule has 206 valence electrons. The maximum absolute atomic E-state index is 13.9. The van der Waals surface area contributed by atoms with Gasteiger partial charge in [0.1, 0.15) is 11.9 Å². The van der Waals surface area contributed by atoms with Crippen LogP contribution in [0.5, 0.6) is 0 Å². The number of esters is 1. The van der Waals surface area contributed by atoms with Crippen molar-refractivity contribution in [1.29, 1.82) is 0 Å². The van der Waals surface area contributed by atoms with Crippen LogP contribution in [0.25, 0.3) is 10.8 Å². The summed E-state index contributed by atoms with van der Waals surface area (Å²) in [5, 5.41) is 4.23. The van der Waals surface area contributed by atoms with E-state index in [4.69, 9.17) is 4.74 Å². The first-order chi connectivity index (χ1) is 18.6. The zero-order valence-electron chi connectivity index (χ0n) is 21.7. The molecule has 1 fully saturated rings. The number of piperazine rings is 1. The van der Waals surface area contributed by atoms with Gasteiger partial charge in [0.2, 0.25) is 10.0 Å². The van der Waals surface area contributed by atoms with Gasteiger partial charge in [-0.15, -0.1) is 0 Å². The number of sulfonamides is 1. The molecular weight excluding hydrogens is 525 g/mol. The van der Waals surface area contributed by atoms with Gasteiger partial charge in [0.15, 0.2) is 6.61 Å². The predicted octanol–water partition coefficient (Wildman–Crippen LogP) is 2.81. The van der Waals surface area contributed by atoms with Crippen LogP contribution in [0.2, 0.25) is 0 Å². The van der Waals surface area contributed by atoms with E-state index in [-0.39, 0.29) is 42.6 Å². The lowest BCUT2D eigenvalue weighted by Crippen LogP contribution is -2.52. The van der Waals surface area contributed by atoms with Gasteiger partial charge >= 0.3 is 5.97 Å². The number of amides is 2. The summed E-state index contributed by atoms with van der Waals surface area (Å²) in [5.41, 5.74) is -0.205. The summed E-state index contributed by atoms with van der Waals surface area (Å²) in [6.07, 6.45) is 0.